The van der Waals surface area contributed by atoms with Gasteiger partial charge in [0.05, 0.1) is 28.7 Å². The summed E-state index contributed by atoms with van der Waals surface area (Å²) >= 11 is 1.50. The molecule has 0 aliphatic carbocycles. The molecule has 0 aliphatic rings. The maximum atomic E-state index is 13.4. The highest BCUT2D eigenvalue weighted by molar-refractivity contribution is 7.98. The van der Waals surface area contributed by atoms with Crippen molar-refractivity contribution in [3.05, 3.63) is 82.9 Å². The quantitative estimate of drug-likeness (QED) is 0.366. The lowest BCUT2D eigenvalue weighted by Crippen LogP contribution is -2.24. The largest absolute Gasteiger partial charge is 0.341 e. The van der Waals surface area contributed by atoms with Crippen molar-refractivity contribution in [3.8, 4) is 5.69 Å². The first kappa shape index (κ1) is 17.6. The average Bonchev–Trinajstić information content (AvgIpc) is 3.23. The molecule has 5 aromatic rings. The Hall–Kier alpha value is -3.52. The molecule has 8 heteroatoms. The van der Waals surface area contributed by atoms with Gasteiger partial charge in [-0.3, -0.25) is 9.36 Å². The number of aromatic amines is 1. The molecule has 142 valence electrons. The van der Waals surface area contributed by atoms with Gasteiger partial charge < -0.3 is 4.98 Å². The minimum absolute atomic E-state index is 0.0742. The first-order chi connectivity index (χ1) is 14.2. The molecule has 3 heterocycles. The molecule has 29 heavy (non-hydrogen) atoms. The Balaban J connectivity index is 1.66. The van der Waals surface area contributed by atoms with Gasteiger partial charge in [-0.2, -0.15) is 0 Å². The van der Waals surface area contributed by atoms with Crippen LogP contribution in [0, 0.1) is 6.92 Å². The van der Waals surface area contributed by atoms with Crippen LogP contribution < -0.4 is 5.56 Å². The molecule has 0 fully saturated rings. The number of aryl methyl sites for hydroxylation is 1. The minimum Gasteiger partial charge on any atom is -0.341 e. The van der Waals surface area contributed by atoms with Crippen LogP contribution >= 0.6 is 11.8 Å². The fourth-order valence-corrected chi connectivity index (χ4v) is 4.20. The van der Waals surface area contributed by atoms with Crippen LogP contribution in [0.25, 0.3) is 27.8 Å². The van der Waals surface area contributed by atoms with Crippen molar-refractivity contribution < 1.29 is 0 Å². The van der Waals surface area contributed by atoms with Gasteiger partial charge in [-0.15, -0.1) is 0 Å². The van der Waals surface area contributed by atoms with Gasteiger partial charge in [0, 0.05) is 0 Å². The predicted octanol–water partition coefficient (Wildman–Crippen LogP) is 3.65. The molecule has 0 aliphatic heterocycles. The van der Waals surface area contributed by atoms with Gasteiger partial charge in [0.2, 0.25) is 0 Å². The van der Waals surface area contributed by atoms with Crippen LogP contribution in [0.5, 0.6) is 0 Å². The van der Waals surface area contributed by atoms with E-state index in [-0.39, 0.29) is 5.56 Å². The van der Waals surface area contributed by atoms with E-state index < -0.39 is 0 Å². The Kier molecular flexibility index (Phi) is 4.33. The highest BCUT2D eigenvalue weighted by Crippen LogP contribution is 2.26. The Morgan fingerprint density at radius 1 is 1.03 bits per heavy atom. The molecule has 0 radical (unpaired) electrons. The standard InChI is InChI=1S/C21H16N6OS/c1-13-6-2-5-9-16(13)27-17(26-15-8-4-3-7-14(15)21(27)28)10-29-20-18-19(23-11-22-18)24-12-25-20/h2-9,11-12H,10H2,1H3,(H,22,23,24,25). The molecule has 0 unspecified atom stereocenters. The van der Waals surface area contributed by atoms with Gasteiger partial charge in [-0.05, 0) is 30.7 Å². The van der Waals surface area contributed by atoms with Crippen molar-refractivity contribution in [2.24, 2.45) is 0 Å². The van der Waals surface area contributed by atoms with Crippen LogP contribution in [-0.2, 0) is 5.75 Å². The van der Waals surface area contributed by atoms with Crippen molar-refractivity contribution in [2.75, 3.05) is 0 Å². The summed E-state index contributed by atoms with van der Waals surface area (Å²) < 4.78 is 1.70. The van der Waals surface area contributed by atoms with Crippen molar-refractivity contribution in [1.29, 1.82) is 0 Å². The fraction of sp³-hybridized carbons (Fsp3) is 0.0952. The number of imidazole rings is 1. The van der Waals surface area contributed by atoms with E-state index >= 15 is 0 Å². The SMILES string of the molecule is Cc1ccccc1-n1c(CSc2ncnc3nc[nH]c23)nc2ccccc2c1=O. The zero-order chi connectivity index (χ0) is 19.8. The molecule has 0 saturated carbocycles. The molecule has 0 atom stereocenters. The number of benzene rings is 2. The number of para-hydroxylation sites is 2. The second kappa shape index (κ2) is 7.14. The molecule has 0 bridgehead atoms. The minimum atomic E-state index is -0.0742. The summed E-state index contributed by atoms with van der Waals surface area (Å²) in [6, 6.07) is 15.3. The summed E-state index contributed by atoms with van der Waals surface area (Å²) in [5, 5.41) is 1.37. The number of rotatable bonds is 4. The first-order valence-corrected chi connectivity index (χ1v) is 10.0. The summed E-state index contributed by atoms with van der Waals surface area (Å²) in [6.07, 6.45) is 3.09. The number of nitrogens with one attached hydrogen (secondary N) is 1. The van der Waals surface area contributed by atoms with Crippen LogP contribution in [0.15, 0.2) is 71.0 Å². The van der Waals surface area contributed by atoms with Crippen molar-refractivity contribution in [2.45, 2.75) is 17.7 Å². The van der Waals surface area contributed by atoms with Crippen LogP contribution in [-0.4, -0.2) is 29.5 Å². The van der Waals surface area contributed by atoms with E-state index in [4.69, 9.17) is 4.98 Å². The zero-order valence-electron chi connectivity index (χ0n) is 15.5. The Morgan fingerprint density at radius 3 is 2.76 bits per heavy atom. The first-order valence-electron chi connectivity index (χ1n) is 9.06. The van der Waals surface area contributed by atoms with Gasteiger partial charge >= 0.3 is 0 Å². The molecule has 0 spiro atoms. The van der Waals surface area contributed by atoms with Gasteiger partial charge in [0.1, 0.15) is 22.7 Å². The van der Waals surface area contributed by atoms with E-state index in [0.717, 1.165) is 21.8 Å². The summed E-state index contributed by atoms with van der Waals surface area (Å²) in [4.78, 5) is 33.9. The molecule has 0 saturated heterocycles. The Bertz CT molecular complexity index is 1410. The molecule has 5 rings (SSSR count). The average molecular weight is 400 g/mol. The van der Waals surface area contributed by atoms with Crippen LogP contribution in [0.4, 0.5) is 0 Å². The summed E-state index contributed by atoms with van der Waals surface area (Å²) in [5.41, 5.74) is 3.85. The van der Waals surface area contributed by atoms with Crippen molar-refractivity contribution >= 4 is 33.8 Å². The number of nitrogens with zero attached hydrogens (tertiary/aromatic N) is 5. The highest BCUT2D eigenvalue weighted by atomic mass is 32.2. The van der Waals surface area contributed by atoms with E-state index in [1.54, 1.807) is 10.9 Å². The predicted molar refractivity (Wildman–Crippen MR) is 113 cm³/mol. The van der Waals surface area contributed by atoms with E-state index in [0.29, 0.717) is 28.1 Å². The van der Waals surface area contributed by atoms with Crippen LogP contribution in [0.3, 0.4) is 0 Å². The molecule has 3 aromatic heterocycles. The maximum Gasteiger partial charge on any atom is 0.265 e. The third-order valence-corrected chi connectivity index (χ3v) is 5.71. The fourth-order valence-electron chi connectivity index (χ4n) is 3.32. The number of aromatic nitrogens is 6. The van der Waals surface area contributed by atoms with E-state index in [9.17, 15) is 4.79 Å². The highest BCUT2D eigenvalue weighted by Gasteiger charge is 2.15. The van der Waals surface area contributed by atoms with Crippen molar-refractivity contribution in [3.63, 3.8) is 0 Å². The number of fused-ring (bicyclic) bond motifs is 2. The van der Waals surface area contributed by atoms with E-state index in [1.165, 1.54) is 18.1 Å². The molecule has 1 N–H and O–H groups in total. The lowest BCUT2D eigenvalue weighted by molar-refractivity contribution is 0.876. The third kappa shape index (κ3) is 3.07. The molecule has 7 nitrogen and oxygen atoms in total. The number of thioether (sulfide) groups is 1. The number of hydrogen-bond donors (Lipinski definition) is 1. The zero-order valence-corrected chi connectivity index (χ0v) is 16.3. The normalized spacial score (nSPS) is 11.3. The lowest BCUT2D eigenvalue weighted by atomic mass is 10.2. The molecular weight excluding hydrogens is 384 g/mol. The molecular formula is C21H16N6OS. The van der Waals surface area contributed by atoms with Crippen LogP contribution in [0.1, 0.15) is 11.4 Å². The van der Waals surface area contributed by atoms with Crippen molar-refractivity contribution in [1.82, 2.24) is 29.5 Å². The lowest BCUT2D eigenvalue weighted by Gasteiger charge is -2.15. The molecule has 2 aromatic carbocycles. The van der Waals surface area contributed by atoms with Crippen LogP contribution in [0.2, 0.25) is 0 Å². The van der Waals surface area contributed by atoms with Gasteiger partial charge in [0.15, 0.2) is 5.65 Å². The monoisotopic (exact) mass is 400 g/mol. The molecule has 0 amide bonds. The van der Waals surface area contributed by atoms with Gasteiger partial charge in [-0.25, -0.2) is 19.9 Å². The smallest absolute Gasteiger partial charge is 0.265 e. The number of H-pyrrole nitrogens is 1. The Morgan fingerprint density at radius 2 is 1.86 bits per heavy atom. The second-order valence-corrected chi connectivity index (χ2v) is 7.50. The summed E-state index contributed by atoms with van der Waals surface area (Å²) in [5.74, 6) is 1.14. The van der Waals surface area contributed by atoms with E-state index in [2.05, 4.69) is 19.9 Å². The third-order valence-electron chi connectivity index (χ3n) is 4.73. The second-order valence-electron chi connectivity index (χ2n) is 6.54. The topological polar surface area (TPSA) is 89.3 Å². The number of hydrogen-bond acceptors (Lipinski definition) is 6. The summed E-state index contributed by atoms with van der Waals surface area (Å²) in [6.45, 7) is 1.99. The Labute approximate surface area is 169 Å². The van der Waals surface area contributed by atoms with Gasteiger partial charge in [0.25, 0.3) is 5.56 Å². The van der Waals surface area contributed by atoms with Gasteiger partial charge in [-0.1, -0.05) is 42.1 Å². The summed E-state index contributed by atoms with van der Waals surface area (Å²) in [7, 11) is 0. The van der Waals surface area contributed by atoms with E-state index in [1.807, 2.05) is 55.5 Å². The maximum absolute atomic E-state index is 13.4.